The van der Waals surface area contributed by atoms with Crippen LogP contribution >= 0.6 is 11.8 Å². The van der Waals surface area contributed by atoms with E-state index >= 15 is 0 Å². The van der Waals surface area contributed by atoms with Crippen molar-refractivity contribution in [3.05, 3.63) is 24.5 Å². The summed E-state index contributed by atoms with van der Waals surface area (Å²) in [4.78, 5) is 27.2. The molecule has 3 unspecified atom stereocenters. The molecule has 2 saturated heterocycles. The van der Waals surface area contributed by atoms with Crippen LogP contribution in [0.1, 0.15) is 19.8 Å². The van der Waals surface area contributed by atoms with Crippen LogP contribution in [0.5, 0.6) is 5.75 Å². The molecule has 10 heteroatoms. The average Bonchev–Trinajstić information content (AvgIpc) is 3.18. The third kappa shape index (κ3) is 4.89. The number of likely N-dealkylation sites (tertiary alicyclic amines) is 1. The third-order valence-electron chi connectivity index (χ3n) is 5.05. The quantitative estimate of drug-likeness (QED) is 0.813. The van der Waals surface area contributed by atoms with Crippen LogP contribution < -0.4 is 4.74 Å². The molecule has 1 saturated carbocycles. The zero-order valence-corrected chi connectivity index (χ0v) is 16.0. The summed E-state index contributed by atoms with van der Waals surface area (Å²) in [6.07, 6.45) is 0.808. The van der Waals surface area contributed by atoms with E-state index in [2.05, 4.69) is 11.9 Å². The molecule has 2 aliphatic heterocycles. The Kier molecular flexibility index (Phi) is 5.79. The van der Waals surface area contributed by atoms with Crippen LogP contribution in [0.25, 0.3) is 0 Å². The number of rotatable bonds is 3. The normalized spacial score (nSPS) is 27.4. The maximum absolute atomic E-state index is 12.2. The topological polar surface area (TPSA) is 79.7 Å². The van der Waals surface area contributed by atoms with Crippen molar-refractivity contribution in [2.24, 2.45) is 11.8 Å². The fourth-order valence-corrected chi connectivity index (χ4v) is 4.94. The van der Waals surface area contributed by atoms with Gasteiger partial charge >= 0.3 is 12.1 Å². The fourth-order valence-electron chi connectivity index (χ4n) is 3.41. The monoisotopic (exact) mass is 418 g/mol. The maximum atomic E-state index is 12.2. The van der Waals surface area contributed by atoms with Crippen molar-refractivity contribution in [2.75, 3.05) is 18.8 Å². The van der Waals surface area contributed by atoms with E-state index in [0.717, 1.165) is 37.4 Å². The highest BCUT2D eigenvalue weighted by Gasteiger charge is 2.54. The van der Waals surface area contributed by atoms with Gasteiger partial charge in [0.1, 0.15) is 11.9 Å². The smallest absolute Gasteiger partial charge is 0.488 e. The average molecular weight is 418 g/mol. The van der Waals surface area contributed by atoms with Crippen molar-refractivity contribution < 1.29 is 32.6 Å². The van der Waals surface area contributed by atoms with Gasteiger partial charge in [0.05, 0.1) is 10.9 Å². The Morgan fingerprint density at radius 3 is 2.54 bits per heavy atom. The van der Waals surface area contributed by atoms with Crippen molar-refractivity contribution in [3.8, 4) is 5.75 Å². The summed E-state index contributed by atoms with van der Waals surface area (Å²) in [5.74, 6) is 0.400. The number of carboxylic acid groups (broad SMARTS) is 1. The number of aromatic nitrogens is 1. The Hall–Kier alpha value is -1.97. The molecule has 1 aliphatic carbocycles. The largest absolute Gasteiger partial charge is 0.490 e. The fraction of sp³-hybridized carbons (Fsp3) is 0.611. The second-order valence-electron chi connectivity index (χ2n) is 7.44. The molecule has 3 atom stereocenters. The van der Waals surface area contributed by atoms with E-state index in [1.165, 1.54) is 0 Å². The molecule has 1 amide bonds. The van der Waals surface area contributed by atoms with E-state index in [-0.39, 0.29) is 10.9 Å². The van der Waals surface area contributed by atoms with Gasteiger partial charge in [-0.2, -0.15) is 13.2 Å². The Morgan fingerprint density at radius 2 is 2.04 bits per heavy atom. The molecule has 0 bridgehead atoms. The summed E-state index contributed by atoms with van der Waals surface area (Å²) in [6, 6.07) is 3.85. The number of thioether (sulfide) groups is 1. The first kappa shape index (κ1) is 20.8. The van der Waals surface area contributed by atoms with Gasteiger partial charge < -0.3 is 14.7 Å². The number of alkyl halides is 3. The number of amides is 1. The minimum atomic E-state index is -5.08. The van der Waals surface area contributed by atoms with E-state index < -0.39 is 12.1 Å². The van der Waals surface area contributed by atoms with Crippen molar-refractivity contribution in [1.29, 1.82) is 0 Å². The molecule has 28 heavy (non-hydrogen) atoms. The number of pyridine rings is 1. The van der Waals surface area contributed by atoms with Crippen molar-refractivity contribution in [3.63, 3.8) is 0 Å². The first-order valence-corrected chi connectivity index (χ1v) is 9.88. The lowest BCUT2D eigenvalue weighted by atomic mass is 9.92. The Bertz CT molecular complexity index is 725. The molecule has 1 N–H and O–H groups in total. The van der Waals surface area contributed by atoms with Crippen molar-refractivity contribution in [1.82, 2.24) is 9.88 Å². The minimum Gasteiger partial charge on any atom is -0.488 e. The molecule has 154 valence electrons. The number of hydrogen-bond acceptors (Lipinski definition) is 5. The highest BCUT2D eigenvalue weighted by Crippen LogP contribution is 2.48. The van der Waals surface area contributed by atoms with E-state index in [1.807, 2.05) is 28.8 Å². The van der Waals surface area contributed by atoms with Gasteiger partial charge in [0.2, 0.25) is 5.91 Å². The number of aliphatic carboxylic acids is 1. The van der Waals surface area contributed by atoms with Gasteiger partial charge in [-0.1, -0.05) is 6.92 Å². The molecule has 1 spiro atoms. The molecule has 3 aliphatic rings. The summed E-state index contributed by atoms with van der Waals surface area (Å²) in [5, 5.41) is 7.12. The Balaban J connectivity index is 0.000000279. The molecule has 3 fully saturated rings. The van der Waals surface area contributed by atoms with Crippen LogP contribution in [-0.4, -0.2) is 62.7 Å². The lowest BCUT2D eigenvalue weighted by Crippen LogP contribution is -2.61. The third-order valence-corrected chi connectivity index (χ3v) is 6.63. The highest BCUT2D eigenvalue weighted by atomic mass is 32.2. The van der Waals surface area contributed by atoms with E-state index in [1.54, 1.807) is 12.4 Å². The molecular formula is C18H21F3N2O4S. The van der Waals surface area contributed by atoms with Crippen LogP contribution in [0.4, 0.5) is 13.2 Å². The maximum Gasteiger partial charge on any atom is 0.490 e. The number of nitrogens with zero attached hydrogens (tertiary/aromatic N) is 2. The van der Waals surface area contributed by atoms with E-state index in [9.17, 15) is 18.0 Å². The number of carbonyl (C=O) groups excluding carboxylic acids is 1. The predicted octanol–water partition coefficient (Wildman–Crippen LogP) is 2.84. The number of carbonyl (C=O) groups is 2. The van der Waals surface area contributed by atoms with Crippen LogP contribution in [0, 0.1) is 11.8 Å². The number of ether oxygens (including phenoxy) is 1. The number of carboxylic acids is 1. The van der Waals surface area contributed by atoms with Gasteiger partial charge in [-0.25, -0.2) is 4.79 Å². The summed E-state index contributed by atoms with van der Waals surface area (Å²) in [5.41, 5.74) is 0. The minimum absolute atomic E-state index is 0.247. The van der Waals surface area contributed by atoms with Gasteiger partial charge in [0.25, 0.3) is 0 Å². The number of halogens is 3. The second-order valence-corrected chi connectivity index (χ2v) is 8.93. The van der Waals surface area contributed by atoms with E-state index in [0.29, 0.717) is 17.7 Å². The molecule has 1 aromatic rings. The first-order chi connectivity index (χ1) is 13.1. The van der Waals surface area contributed by atoms with Crippen LogP contribution in [0.3, 0.4) is 0 Å². The summed E-state index contributed by atoms with van der Waals surface area (Å²) >= 11 is 1.97. The second kappa shape index (κ2) is 7.81. The molecule has 3 heterocycles. The van der Waals surface area contributed by atoms with Crippen LogP contribution in [0.2, 0.25) is 0 Å². The van der Waals surface area contributed by atoms with Crippen LogP contribution in [0.15, 0.2) is 24.5 Å². The highest BCUT2D eigenvalue weighted by molar-refractivity contribution is 8.01. The lowest BCUT2D eigenvalue weighted by Gasteiger charge is -2.47. The lowest BCUT2D eigenvalue weighted by molar-refractivity contribution is -0.192. The summed E-state index contributed by atoms with van der Waals surface area (Å²) in [7, 11) is 0. The molecule has 1 aromatic heterocycles. The van der Waals surface area contributed by atoms with Gasteiger partial charge in [-0.05, 0) is 24.5 Å². The zero-order valence-electron chi connectivity index (χ0n) is 15.2. The first-order valence-electron chi connectivity index (χ1n) is 8.89. The molecular weight excluding hydrogens is 397 g/mol. The van der Waals surface area contributed by atoms with Crippen molar-refractivity contribution >= 4 is 23.6 Å². The molecule has 6 nitrogen and oxygen atoms in total. The summed E-state index contributed by atoms with van der Waals surface area (Å²) in [6.45, 7) is 3.99. The molecule has 4 rings (SSSR count). The van der Waals surface area contributed by atoms with Gasteiger partial charge in [-0.3, -0.25) is 9.78 Å². The predicted molar refractivity (Wildman–Crippen MR) is 96.0 cm³/mol. The van der Waals surface area contributed by atoms with Gasteiger partial charge in [0, 0.05) is 37.4 Å². The molecule has 0 radical (unpaired) electrons. The Labute approximate surface area is 164 Å². The van der Waals surface area contributed by atoms with Crippen LogP contribution in [-0.2, 0) is 9.59 Å². The van der Waals surface area contributed by atoms with E-state index in [4.69, 9.17) is 14.6 Å². The Morgan fingerprint density at radius 1 is 1.39 bits per heavy atom. The standard InChI is InChI=1S/C16H20N2O2S.C2HF3O2/c1-11-5-14(11)15(19)18-9-16(10-18)6-13(8-21-16)20-12-3-2-4-17-7-12;3-2(4,5)1(6)7/h2-4,7,11,13-14H,5-6,8-10H2,1H3;(H,6,7). The summed E-state index contributed by atoms with van der Waals surface area (Å²) < 4.78 is 38.0. The SMILES string of the molecule is CC1CC1C(=O)N1CC2(CC(Oc3cccnc3)CS2)C1.O=C(O)C(F)(F)F. The molecule has 0 aromatic carbocycles. The zero-order chi connectivity index (χ0) is 20.5. The van der Waals surface area contributed by atoms with Gasteiger partial charge in [0.15, 0.2) is 0 Å². The van der Waals surface area contributed by atoms with Crippen molar-refractivity contribution in [2.45, 2.75) is 36.8 Å². The number of hydrogen-bond donors (Lipinski definition) is 1. The van der Waals surface area contributed by atoms with Gasteiger partial charge in [-0.15, -0.1) is 11.8 Å².